The quantitative estimate of drug-likeness (QED) is 0.849. The maximum Gasteiger partial charge on any atom is 0.159 e. The summed E-state index contributed by atoms with van der Waals surface area (Å²) in [6, 6.07) is 2.47. The van der Waals surface area contributed by atoms with Crippen LogP contribution in [0.2, 0.25) is 0 Å². The summed E-state index contributed by atoms with van der Waals surface area (Å²) in [5.74, 6) is -1.00. The van der Waals surface area contributed by atoms with Gasteiger partial charge in [0.1, 0.15) is 0 Å². The van der Waals surface area contributed by atoms with Gasteiger partial charge in [-0.05, 0) is 41.3 Å². The average molecular weight is 272 g/mol. The second kappa shape index (κ2) is 5.12. The normalized spacial score (nSPS) is 13.2. The molecule has 2 aromatic rings. The van der Waals surface area contributed by atoms with Crippen LogP contribution < -0.4 is 0 Å². The lowest BCUT2D eigenvalue weighted by molar-refractivity contribution is 0.507. The molecule has 1 aliphatic rings. The first-order chi connectivity index (χ1) is 9.67. The van der Waals surface area contributed by atoms with Crippen LogP contribution in [-0.4, -0.2) is 9.97 Å². The maximum absolute atomic E-state index is 13.2. The standard InChI is InChI=1S/C16H14F2N2/c1-2-3-10-8-19-16(20-9-10)13-4-11-6-14(17)15(18)7-12(11)5-13/h4,6-9H,2-3,5H2,1H3. The molecule has 1 aromatic carbocycles. The van der Waals surface area contributed by atoms with E-state index in [2.05, 4.69) is 16.9 Å². The van der Waals surface area contributed by atoms with E-state index in [-0.39, 0.29) is 0 Å². The van der Waals surface area contributed by atoms with Gasteiger partial charge in [0.2, 0.25) is 0 Å². The Kier molecular flexibility index (Phi) is 3.30. The number of benzene rings is 1. The summed E-state index contributed by atoms with van der Waals surface area (Å²) in [7, 11) is 0. The summed E-state index contributed by atoms with van der Waals surface area (Å²) in [6.07, 6.45) is 8.01. The second-order valence-electron chi connectivity index (χ2n) is 4.98. The van der Waals surface area contributed by atoms with Crippen molar-refractivity contribution in [3.8, 4) is 0 Å². The Morgan fingerprint density at radius 1 is 1.10 bits per heavy atom. The van der Waals surface area contributed by atoms with Crippen molar-refractivity contribution in [2.24, 2.45) is 0 Å². The first-order valence-electron chi connectivity index (χ1n) is 6.67. The monoisotopic (exact) mass is 272 g/mol. The van der Waals surface area contributed by atoms with Crippen molar-refractivity contribution < 1.29 is 8.78 Å². The number of aromatic nitrogens is 2. The zero-order chi connectivity index (χ0) is 14.1. The van der Waals surface area contributed by atoms with Crippen molar-refractivity contribution in [3.05, 3.63) is 58.7 Å². The Bertz CT molecular complexity index is 676. The highest BCUT2D eigenvalue weighted by Gasteiger charge is 2.18. The van der Waals surface area contributed by atoms with Gasteiger partial charge >= 0.3 is 0 Å². The fourth-order valence-corrected chi connectivity index (χ4v) is 2.42. The average Bonchev–Trinajstić information content (AvgIpc) is 2.83. The van der Waals surface area contributed by atoms with Gasteiger partial charge in [-0.1, -0.05) is 13.3 Å². The molecule has 0 radical (unpaired) electrons. The van der Waals surface area contributed by atoms with Gasteiger partial charge in [-0.2, -0.15) is 0 Å². The molecule has 4 heteroatoms. The summed E-state index contributed by atoms with van der Waals surface area (Å²) in [5.41, 5.74) is 3.48. The van der Waals surface area contributed by atoms with E-state index in [1.165, 1.54) is 12.1 Å². The fraction of sp³-hybridized carbons (Fsp3) is 0.250. The molecule has 0 atom stereocenters. The molecule has 0 bridgehead atoms. The zero-order valence-electron chi connectivity index (χ0n) is 11.2. The van der Waals surface area contributed by atoms with Gasteiger partial charge < -0.3 is 0 Å². The van der Waals surface area contributed by atoms with Crippen LogP contribution in [0.4, 0.5) is 8.78 Å². The van der Waals surface area contributed by atoms with E-state index in [0.29, 0.717) is 17.8 Å². The van der Waals surface area contributed by atoms with Crippen LogP contribution in [0, 0.1) is 11.6 Å². The van der Waals surface area contributed by atoms with Crippen LogP contribution in [0.1, 0.15) is 35.9 Å². The van der Waals surface area contributed by atoms with E-state index in [0.717, 1.165) is 29.5 Å². The molecular formula is C16H14F2N2. The minimum absolute atomic E-state index is 0.541. The lowest BCUT2D eigenvalue weighted by Crippen LogP contribution is -1.96. The highest BCUT2D eigenvalue weighted by Crippen LogP contribution is 2.31. The van der Waals surface area contributed by atoms with Gasteiger partial charge in [-0.25, -0.2) is 18.7 Å². The van der Waals surface area contributed by atoms with E-state index >= 15 is 0 Å². The van der Waals surface area contributed by atoms with Crippen LogP contribution >= 0.6 is 0 Å². The minimum atomic E-state index is -0.819. The van der Waals surface area contributed by atoms with Crippen molar-refractivity contribution in [2.45, 2.75) is 26.2 Å². The Hall–Kier alpha value is -2.10. The molecule has 0 spiro atoms. The highest BCUT2D eigenvalue weighted by molar-refractivity contribution is 5.86. The number of allylic oxidation sites excluding steroid dienone is 1. The number of nitrogens with zero attached hydrogens (tertiary/aromatic N) is 2. The van der Waals surface area contributed by atoms with Crippen LogP contribution in [0.25, 0.3) is 11.6 Å². The number of aryl methyl sites for hydroxylation is 1. The van der Waals surface area contributed by atoms with Gasteiger partial charge in [0.05, 0.1) is 0 Å². The largest absolute Gasteiger partial charge is 0.237 e. The molecule has 1 aromatic heterocycles. The molecule has 0 unspecified atom stereocenters. The molecule has 102 valence electrons. The Morgan fingerprint density at radius 2 is 1.80 bits per heavy atom. The second-order valence-corrected chi connectivity index (χ2v) is 4.98. The number of fused-ring (bicyclic) bond motifs is 1. The molecule has 0 saturated carbocycles. The summed E-state index contributed by atoms with van der Waals surface area (Å²) in [5, 5.41) is 0. The number of hydrogen-bond acceptors (Lipinski definition) is 2. The number of halogens is 2. The number of hydrogen-bond donors (Lipinski definition) is 0. The summed E-state index contributed by atoms with van der Waals surface area (Å²) >= 11 is 0. The van der Waals surface area contributed by atoms with E-state index < -0.39 is 11.6 Å². The first-order valence-corrected chi connectivity index (χ1v) is 6.67. The van der Waals surface area contributed by atoms with E-state index in [1.54, 1.807) is 0 Å². The predicted molar refractivity (Wildman–Crippen MR) is 74.0 cm³/mol. The summed E-state index contributed by atoms with van der Waals surface area (Å²) in [6.45, 7) is 2.10. The van der Waals surface area contributed by atoms with Crippen LogP contribution in [-0.2, 0) is 12.8 Å². The molecule has 1 heterocycles. The Morgan fingerprint density at radius 3 is 2.50 bits per heavy atom. The van der Waals surface area contributed by atoms with E-state index in [1.807, 2.05) is 18.5 Å². The Labute approximate surface area is 116 Å². The van der Waals surface area contributed by atoms with Crippen molar-refractivity contribution in [2.75, 3.05) is 0 Å². The molecule has 2 nitrogen and oxygen atoms in total. The topological polar surface area (TPSA) is 25.8 Å². The number of rotatable bonds is 3. The molecule has 0 N–H and O–H groups in total. The smallest absolute Gasteiger partial charge is 0.159 e. The molecule has 1 aliphatic carbocycles. The lowest BCUT2D eigenvalue weighted by atomic mass is 10.1. The first kappa shape index (κ1) is 12.9. The van der Waals surface area contributed by atoms with Crippen molar-refractivity contribution in [1.82, 2.24) is 9.97 Å². The van der Waals surface area contributed by atoms with Gasteiger partial charge in [0.15, 0.2) is 17.5 Å². The van der Waals surface area contributed by atoms with E-state index in [9.17, 15) is 8.78 Å². The van der Waals surface area contributed by atoms with Gasteiger partial charge in [0.25, 0.3) is 0 Å². The molecule has 0 aliphatic heterocycles. The van der Waals surface area contributed by atoms with Crippen molar-refractivity contribution >= 4 is 11.6 Å². The predicted octanol–water partition coefficient (Wildman–Crippen LogP) is 3.80. The van der Waals surface area contributed by atoms with Crippen LogP contribution in [0.15, 0.2) is 24.5 Å². The SMILES string of the molecule is CCCc1cnc(C2=Cc3cc(F)c(F)cc3C2)nc1. The Balaban J connectivity index is 1.88. The van der Waals surface area contributed by atoms with Crippen molar-refractivity contribution in [1.29, 1.82) is 0 Å². The molecular weight excluding hydrogens is 258 g/mol. The van der Waals surface area contributed by atoms with E-state index in [4.69, 9.17) is 0 Å². The highest BCUT2D eigenvalue weighted by atomic mass is 19.2. The van der Waals surface area contributed by atoms with Gasteiger partial charge in [-0.3, -0.25) is 0 Å². The molecule has 0 saturated heterocycles. The zero-order valence-corrected chi connectivity index (χ0v) is 11.2. The summed E-state index contributed by atoms with van der Waals surface area (Å²) in [4.78, 5) is 8.68. The van der Waals surface area contributed by atoms with Gasteiger partial charge in [-0.15, -0.1) is 0 Å². The molecule has 3 rings (SSSR count). The van der Waals surface area contributed by atoms with Crippen LogP contribution in [0.3, 0.4) is 0 Å². The maximum atomic E-state index is 13.2. The lowest BCUT2D eigenvalue weighted by Gasteiger charge is -2.02. The fourth-order valence-electron chi connectivity index (χ4n) is 2.42. The molecule has 20 heavy (non-hydrogen) atoms. The minimum Gasteiger partial charge on any atom is -0.237 e. The summed E-state index contributed by atoms with van der Waals surface area (Å²) < 4.78 is 26.4. The van der Waals surface area contributed by atoms with Gasteiger partial charge in [0, 0.05) is 24.4 Å². The third-order valence-corrected chi connectivity index (χ3v) is 3.42. The molecule has 0 fully saturated rings. The third kappa shape index (κ3) is 2.33. The van der Waals surface area contributed by atoms with Crippen LogP contribution in [0.5, 0.6) is 0 Å². The third-order valence-electron chi connectivity index (χ3n) is 3.42. The van der Waals surface area contributed by atoms with Crippen molar-refractivity contribution in [3.63, 3.8) is 0 Å². The molecule has 0 amide bonds.